The number of rotatable bonds is 6. The highest BCUT2D eigenvalue weighted by Crippen LogP contribution is 2.37. The van der Waals surface area contributed by atoms with E-state index in [1.54, 1.807) is 12.1 Å². The summed E-state index contributed by atoms with van der Waals surface area (Å²) in [6, 6.07) is 8.92. The van der Waals surface area contributed by atoms with Gasteiger partial charge in [-0.15, -0.1) is 20.4 Å². The van der Waals surface area contributed by atoms with E-state index < -0.39 is 11.7 Å². The first kappa shape index (κ1) is 22.0. The lowest BCUT2D eigenvalue weighted by Crippen LogP contribution is -2.39. The molecule has 1 aliphatic rings. The summed E-state index contributed by atoms with van der Waals surface area (Å²) in [7, 11) is 0. The monoisotopic (exact) mass is 447 g/mol. The number of benzene rings is 1. The molecule has 2 aromatic heterocycles. The molecule has 1 aliphatic heterocycles. The quantitative estimate of drug-likeness (QED) is 0.538. The van der Waals surface area contributed by atoms with Crippen LogP contribution in [0.4, 0.5) is 19.0 Å². The lowest BCUT2D eigenvalue weighted by molar-refractivity contribution is -0.139. The minimum Gasteiger partial charge on any atom is -0.490 e. The van der Waals surface area contributed by atoms with Gasteiger partial charge >= 0.3 is 6.18 Å². The number of anilines is 1. The smallest absolute Gasteiger partial charge is 0.419 e. The molecule has 1 saturated heterocycles. The first-order chi connectivity index (χ1) is 15.3. The molecule has 0 bridgehead atoms. The van der Waals surface area contributed by atoms with Gasteiger partial charge in [-0.3, -0.25) is 0 Å². The van der Waals surface area contributed by atoms with Crippen molar-refractivity contribution in [2.75, 3.05) is 18.0 Å². The van der Waals surface area contributed by atoms with Crippen LogP contribution in [0.15, 0.2) is 40.8 Å². The van der Waals surface area contributed by atoms with E-state index in [9.17, 15) is 13.2 Å². The highest BCUT2D eigenvalue weighted by molar-refractivity contribution is 5.49. The summed E-state index contributed by atoms with van der Waals surface area (Å²) in [5, 5.41) is 16.5. The second-order valence-electron chi connectivity index (χ2n) is 8.17. The molecule has 170 valence electrons. The molecule has 0 aliphatic carbocycles. The van der Waals surface area contributed by atoms with Crippen LogP contribution in [0.2, 0.25) is 0 Å². The fourth-order valence-electron chi connectivity index (χ4n) is 3.58. The first-order valence-corrected chi connectivity index (χ1v) is 10.5. The summed E-state index contributed by atoms with van der Waals surface area (Å²) in [6.07, 6.45) is -2.87. The van der Waals surface area contributed by atoms with E-state index in [4.69, 9.17) is 9.15 Å². The van der Waals surface area contributed by atoms with Gasteiger partial charge in [-0.05, 0) is 30.2 Å². The molecule has 7 nitrogen and oxygen atoms in total. The molecule has 0 unspecified atom stereocenters. The van der Waals surface area contributed by atoms with Crippen molar-refractivity contribution in [2.24, 2.45) is 5.92 Å². The zero-order valence-electron chi connectivity index (χ0n) is 17.8. The second-order valence-corrected chi connectivity index (χ2v) is 8.17. The summed E-state index contributed by atoms with van der Waals surface area (Å²) in [5.74, 6) is 1.86. The van der Waals surface area contributed by atoms with Crippen molar-refractivity contribution in [1.82, 2.24) is 20.4 Å². The van der Waals surface area contributed by atoms with Gasteiger partial charge < -0.3 is 14.1 Å². The Labute approximate surface area is 183 Å². The number of aromatic nitrogens is 4. The first-order valence-electron chi connectivity index (χ1n) is 10.5. The highest BCUT2D eigenvalue weighted by Gasteiger charge is 2.35. The van der Waals surface area contributed by atoms with Crippen LogP contribution in [0.25, 0.3) is 11.6 Å². The van der Waals surface area contributed by atoms with Gasteiger partial charge in [0.2, 0.25) is 5.89 Å². The Kier molecular flexibility index (Phi) is 6.29. The van der Waals surface area contributed by atoms with Crippen molar-refractivity contribution in [3.63, 3.8) is 0 Å². The van der Waals surface area contributed by atoms with Gasteiger partial charge in [0.25, 0.3) is 5.89 Å². The third-order valence-electron chi connectivity index (χ3n) is 5.17. The third-order valence-corrected chi connectivity index (χ3v) is 5.17. The molecule has 1 aromatic carbocycles. The van der Waals surface area contributed by atoms with E-state index >= 15 is 0 Å². The normalized spacial score (nSPS) is 15.4. The summed E-state index contributed by atoms with van der Waals surface area (Å²) in [6.45, 7) is 5.35. The van der Waals surface area contributed by atoms with E-state index in [1.165, 1.54) is 12.1 Å². The number of halogens is 3. The molecule has 0 N–H and O–H groups in total. The van der Waals surface area contributed by atoms with Crippen molar-refractivity contribution in [3.8, 4) is 17.3 Å². The van der Waals surface area contributed by atoms with Gasteiger partial charge in [0, 0.05) is 32.4 Å². The van der Waals surface area contributed by atoms with Crippen LogP contribution < -0.4 is 9.64 Å². The number of ether oxygens (including phenoxy) is 1. The summed E-state index contributed by atoms with van der Waals surface area (Å²) in [5.41, 5.74) is -0.250. The zero-order chi connectivity index (χ0) is 22.7. The molecule has 3 aromatic rings. The maximum absolute atomic E-state index is 13.2. The second kappa shape index (κ2) is 9.13. The van der Waals surface area contributed by atoms with Crippen molar-refractivity contribution in [1.29, 1.82) is 0 Å². The Bertz CT molecular complexity index is 1030. The zero-order valence-corrected chi connectivity index (χ0v) is 17.8. The average Bonchev–Trinajstić information content (AvgIpc) is 3.22. The molecule has 0 saturated carbocycles. The number of nitrogens with zero attached hydrogens (tertiary/aromatic N) is 5. The van der Waals surface area contributed by atoms with Crippen LogP contribution in [0.3, 0.4) is 0 Å². The summed E-state index contributed by atoms with van der Waals surface area (Å²) >= 11 is 0. The van der Waals surface area contributed by atoms with Crippen LogP contribution in [0.5, 0.6) is 5.75 Å². The van der Waals surface area contributed by atoms with Crippen LogP contribution >= 0.6 is 0 Å². The highest BCUT2D eigenvalue weighted by atomic mass is 19.4. The summed E-state index contributed by atoms with van der Waals surface area (Å²) in [4.78, 5) is 2.03. The molecule has 0 radical (unpaired) electrons. The average molecular weight is 447 g/mol. The third kappa shape index (κ3) is 5.17. The van der Waals surface area contributed by atoms with Crippen LogP contribution in [-0.4, -0.2) is 39.6 Å². The van der Waals surface area contributed by atoms with Gasteiger partial charge in [0.1, 0.15) is 17.5 Å². The molecule has 1 fully saturated rings. The Balaban J connectivity index is 1.35. The van der Waals surface area contributed by atoms with E-state index in [-0.39, 0.29) is 11.9 Å². The van der Waals surface area contributed by atoms with E-state index in [1.807, 2.05) is 11.0 Å². The Morgan fingerprint density at radius 1 is 1.03 bits per heavy atom. The van der Waals surface area contributed by atoms with E-state index in [0.717, 1.165) is 6.07 Å². The maximum Gasteiger partial charge on any atom is 0.419 e. The lowest BCUT2D eigenvalue weighted by atomic mass is 10.1. The van der Waals surface area contributed by atoms with E-state index in [0.29, 0.717) is 61.6 Å². The Morgan fingerprint density at radius 3 is 2.44 bits per heavy atom. The molecular formula is C22H24F3N5O2. The largest absolute Gasteiger partial charge is 0.490 e. The van der Waals surface area contributed by atoms with Gasteiger partial charge in [-0.2, -0.15) is 13.2 Å². The van der Waals surface area contributed by atoms with Crippen molar-refractivity contribution >= 4 is 5.82 Å². The van der Waals surface area contributed by atoms with Gasteiger partial charge in [0.05, 0.1) is 5.56 Å². The van der Waals surface area contributed by atoms with Crippen LogP contribution in [0, 0.1) is 5.92 Å². The topological polar surface area (TPSA) is 77.2 Å². The molecule has 0 amide bonds. The predicted octanol–water partition coefficient (Wildman–Crippen LogP) is 4.79. The van der Waals surface area contributed by atoms with Crippen molar-refractivity contribution in [3.05, 3.63) is 47.9 Å². The SMILES string of the molecule is CC(C)Cc1nnc(-c2ccc(N3CCC(Oc4ccccc4C(F)(F)F)CC3)nn2)o1. The molecule has 0 atom stereocenters. The number of hydrogen-bond donors (Lipinski definition) is 0. The molecule has 32 heavy (non-hydrogen) atoms. The molecular weight excluding hydrogens is 423 g/mol. The minimum absolute atomic E-state index is 0.126. The molecule has 0 spiro atoms. The van der Waals surface area contributed by atoms with E-state index in [2.05, 4.69) is 34.2 Å². The number of piperidine rings is 1. The lowest BCUT2D eigenvalue weighted by Gasteiger charge is -2.33. The number of alkyl halides is 3. The standard InChI is InChI=1S/C22H24F3N5O2/c1-14(2)13-20-28-29-21(32-20)17-7-8-19(27-26-17)30-11-9-15(10-12-30)31-18-6-4-3-5-16(18)22(23,24)25/h3-8,14-15H,9-13H2,1-2H3. The van der Waals surface area contributed by atoms with Crippen molar-refractivity contribution in [2.45, 2.75) is 45.4 Å². The molecule has 10 heteroatoms. The Hall–Kier alpha value is -3.17. The van der Waals surface area contributed by atoms with Crippen LogP contribution in [-0.2, 0) is 12.6 Å². The van der Waals surface area contributed by atoms with Gasteiger partial charge in [-0.25, -0.2) is 0 Å². The summed E-state index contributed by atoms with van der Waals surface area (Å²) < 4.78 is 50.9. The number of hydrogen-bond acceptors (Lipinski definition) is 7. The van der Waals surface area contributed by atoms with Crippen molar-refractivity contribution < 1.29 is 22.3 Å². The fourth-order valence-corrected chi connectivity index (χ4v) is 3.58. The minimum atomic E-state index is -4.44. The molecule has 3 heterocycles. The molecule has 4 rings (SSSR count). The maximum atomic E-state index is 13.2. The Morgan fingerprint density at radius 2 is 1.78 bits per heavy atom. The number of para-hydroxylation sites is 1. The van der Waals surface area contributed by atoms with Gasteiger partial charge in [-0.1, -0.05) is 26.0 Å². The fraction of sp³-hybridized carbons (Fsp3) is 0.455. The van der Waals surface area contributed by atoms with Gasteiger partial charge in [0.15, 0.2) is 5.82 Å². The predicted molar refractivity (Wildman–Crippen MR) is 111 cm³/mol. The van der Waals surface area contributed by atoms with Crippen LogP contribution in [0.1, 0.15) is 38.1 Å².